The number of fused-ring (bicyclic) bond motifs is 1. The van der Waals surface area contributed by atoms with Crippen LogP contribution >= 0.6 is 0 Å². The highest BCUT2D eigenvalue weighted by Crippen LogP contribution is 2.28. The first-order valence-corrected chi connectivity index (χ1v) is 12.9. The summed E-state index contributed by atoms with van der Waals surface area (Å²) in [5, 5.41) is 13.9. The Balaban J connectivity index is 1.24. The highest BCUT2D eigenvalue weighted by atomic mass is 16.5. The van der Waals surface area contributed by atoms with Crippen LogP contribution in [0.1, 0.15) is 63.4 Å². The third kappa shape index (κ3) is 6.96. The number of nitrogens with zero attached hydrogens (tertiary/aromatic N) is 2. The normalized spacial score (nSPS) is 19.5. The molecule has 2 saturated heterocycles. The van der Waals surface area contributed by atoms with Gasteiger partial charge in [0, 0.05) is 56.2 Å². The molecule has 0 unspecified atom stereocenters. The molecule has 1 aromatic carbocycles. The van der Waals surface area contributed by atoms with Gasteiger partial charge in [0.1, 0.15) is 11.4 Å². The molecule has 0 spiro atoms. The Morgan fingerprint density at radius 3 is 2.38 bits per heavy atom. The minimum absolute atomic E-state index is 0.0397. The number of nitrogens with one attached hydrogen (secondary N) is 2. The van der Waals surface area contributed by atoms with E-state index in [0.29, 0.717) is 12.3 Å². The molecule has 1 amide bonds. The van der Waals surface area contributed by atoms with Crippen LogP contribution in [0.25, 0.3) is 10.9 Å². The Bertz CT molecular complexity index is 935. The minimum Gasteiger partial charge on any atom is -0.493 e. The monoisotopic (exact) mass is 470 g/mol. The number of aromatic nitrogens is 1. The zero-order chi connectivity index (χ0) is 24.1. The predicted molar refractivity (Wildman–Crippen MR) is 136 cm³/mol. The molecule has 7 nitrogen and oxygen atoms in total. The summed E-state index contributed by atoms with van der Waals surface area (Å²) in [6.45, 7) is 13.5. The zero-order valence-electron chi connectivity index (χ0n) is 21.1. The molecule has 34 heavy (non-hydrogen) atoms. The van der Waals surface area contributed by atoms with E-state index in [0.717, 1.165) is 88.0 Å². The van der Waals surface area contributed by atoms with Crippen molar-refractivity contribution in [3.05, 3.63) is 30.0 Å². The first kappa shape index (κ1) is 25.0. The number of hydrogen-bond donors (Lipinski definition) is 3. The lowest BCUT2D eigenvalue weighted by Crippen LogP contribution is -2.47. The van der Waals surface area contributed by atoms with Gasteiger partial charge in [-0.3, -0.25) is 4.79 Å². The number of ether oxygens (including phenoxy) is 1. The lowest BCUT2D eigenvalue weighted by atomic mass is 9.93. The van der Waals surface area contributed by atoms with E-state index < -0.39 is 0 Å². The van der Waals surface area contributed by atoms with Gasteiger partial charge in [0.15, 0.2) is 0 Å². The maximum absolute atomic E-state index is 13.0. The van der Waals surface area contributed by atoms with E-state index in [9.17, 15) is 9.90 Å². The fourth-order valence-corrected chi connectivity index (χ4v) is 4.83. The summed E-state index contributed by atoms with van der Waals surface area (Å²) >= 11 is 0. The molecular formula is C27H42N4O3. The highest BCUT2D eigenvalue weighted by molar-refractivity contribution is 5.99. The summed E-state index contributed by atoms with van der Waals surface area (Å²) in [6.07, 6.45) is 4.61. The number of rotatable bonds is 8. The second kappa shape index (κ2) is 11.1. The Kier molecular flexibility index (Phi) is 8.17. The van der Waals surface area contributed by atoms with Gasteiger partial charge in [-0.05, 0) is 55.7 Å². The van der Waals surface area contributed by atoms with Gasteiger partial charge in [0.2, 0.25) is 0 Å². The Hall–Kier alpha value is -2.09. The zero-order valence-corrected chi connectivity index (χ0v) is 21.1. The van der Waals surface area contributed by atoms with Crippen molar-refractivity contribution in [2.45, 2.75) is 65.0 Å². The lowest BCUT2D eigenvalue weighted by molar-refractivity contribution is 0.0729. The number of H-pyrrole nitrogens is 1. The Labute approximate surface area is 203 Å². The van der Waals surface area contributed by atoms with Crippen LogP contribution < -0.4 is 10.1 Å². The molecule has 0 saturated carbocycles. The van der Waals surface area contributed by atoms with Crippen molar-refractivity contribution in [1.29, 1.82) is 0 Å². The van der Waals surface area contributed by atoms with Crippen LogP contribution in [-0.4, -0.2) is 83.8 Å². The fraction of sp³-hybridized carbons (Fsp3) is 0.667. The number of aliphatic hydroxyl groups is 1. The second-order valence-electron chi connectivity index (χ2n) is 11.2. The number of carbonyl (C=O) groups excluding carboxylic acids is 1. The third-order valence-corrected chi connectivity index (χ3v) is 7.19. The Morgan fingerprint density at radius 1 is 1.09 bits per heavy atom. The second-order valence-corrected chi connectivity index (χ2v) is 11.2. The van der Waals surface area contributed by atoms with E-state index >= 15 is 0 Å². The number of amides is 1. The molecular weight excluding hydrogens is 428 g/mol. The van der Waals surface area contributed by atoms with Crippen LogP contribution in [-0.2, 0) is 0 Å². The van der Waals surface area contributed by atoms with E-state index in [1.54, 1.807) is 0 Å². The smallest absolute Gasteiger partial charge is 0.267 e. The van der Waals surface area contributed by atoms with Crippen molar-refractivity contribution in [3.63, 3.8) is 0 Å². The summed E-state index contributed by atoms with van der Waals surface area (Å²) in [5.74, 6) is 0.788. The van der Waals surface area contributed by atoms with Crippen LogP contribution in [0, 0.1) is 5.41 Å². The molecule has 188 valence electrons. The van der Waals surface area contributed by atoms with Gasteiger partial charge in [-0.25, -0.2) is 0 Å². The quantitative estimate of drug-likeness (QED) is 0.549. The van der Waals surface area contributed by atoms with Crippen LogP contribution in [0.5, 0.6) is 5.75 Å². The van der Waals surface area contributed by atoms with Crippen LogP contribution in [0.4, 0.5) is 0 Å². The predicted octanol–water partition coefficient (Wildman–Crippen LogP) is 3.63. The summed E-state index contributed by atoms with van der Waals surface area (Å²) in [5.41, 5.74) is 1.75. The van der Waals surface area contributed by atoms with Gasteiger partial charge >= 0.3 is 0 Å². The minimum atomic E-state index is -0.111. The Morgan fingerprint density at radius 2 is 1.74 bits per heavy atom. The van der Waals surface area contributed by atoms with Gasteiger partial charge in [-0.15, -0.1) is 0 Å². The van der Waals surface area contributed by atoms with Crippen molar-refractivity contribution in [1.82, 2.24) is 20.1 Å². The van der Waals surface area contributed by atoms with E-state index in [1.165, 1.54) is 0 Å². The van der Waals surface area contributed by atoms with E-state index in [1.807, 2.05) is 24.3 Å². The number of aromatic amines is 1. The van der Waals surface area contributed by atoms with Gasteiger partial charge in [0.25, 0.3) is 5.91 Å². The number of aliphatic hydroxyl groups excluding tert-OH is 1. The molecule has 2 aromatic rings. The number of carbonyl (C=O) groups is 1. The van der Waals surface area contributed by atoms with Gasteiger partial charge < -0.3 is 29.9 Å². The molecule has 0 aliphatic carbocycles. The van der Waals surface area contributed by atoms with Crippen molar-refractivity contribution in [3.8, 4) is 5.75 Å². The largest absolute Gasteiger partial charge is 0.493 e. The summed E-state index contributed by atoms with van der Waals surface area (Å²) in [7, 11) is 0. The van der Waals surface area contributed by atoms with Gasteiger partial charge in [0.05, 0.1) is 12.7 Å². The van der Waals surface area contributed by atoms with E-state index in [4.69, 9.17) is 4.74 Å². The first-order chi connectivity index (χ1) is 16.3. The highest BCUT2D eigenvalue weighted by Gasteiger charge is 2.23. The third-order valence-electron chi connectivity index (χ3n) is 7.19. The standard InChI is InChI=1S/C27H42N4O3/c1-27(2,3)11-18-34-25-6-4-5-23-22(25)19-24(29-23)26(33)28-20-7-12-30(13-8-20)16-17-31-14-9-21(32)10-15-31/h4-6,19-21,29,32H,7-18H2,1-3H3,(H,28,33). The maximum Gasteiger partial charge on any atom is 0.267 e. The summed E-state index contributed by atoms with van der Waals surface area (Å²) < 4.78 is 6.05. The number of hydrogen-bond acceptors (Lipinski definition) is 5. The SMILES string of the molecule is CC(C)(C)CCOc1cccc2[nH]c(C(=O)NC3CCN(CCN4CCC(O)CC4)CC3)cc12. The molecule has 3 heterocycles. The topological polar surface area (TPSA) is 80.8 Å². The summed E-state index contributed by atoms with van der Waals surface area (Å²) in [4.78, 5) is 21.2. The molecule has 3 N–H and O–H groups in total. The molecule has 1 aromatic heterocycles. The number of piperidine rings is 2. The average Bonchev–Trinajstić information content (AvgIpc) is 3.24. The number of likely N-dealkylation sites (tertiary alicyclic amines) is 2. The molecule has 0 bridgehead atoms. The molecule has 2 aliphatic heterocycles. The molecule has 2 aliphatic rings. The molecule has 0 radical (unpaired) electrons. The molecule has 4 rings (SSSR count). The van der Waals surface area contributed by atoms with Crippen molar-refractivity contribution in [2.75, 3.05) is 45.9 Å². The van der Waals surface area contributed by atoms with Crippen molar-refractivity contribution >= 4 is 16.8 Å². The molecule has 2 fully saturated rings. The van der Waals surface area contributed by atoms with Gasteiger partial charge in [-0.1, -0.05) is 26.8 Å². The lowest BCUT2D eigenvalue weighted by Gasteiger charge is -2.35. The fourth-order valence-electron chi connectivity index (χ4n) is 4.83. The molecule has 7 heteroatoms. The van der Waals surface area contributed by atoms with Gasteiger partial charge in [-0.2, -0.15) is 0 Å². The molecule has 0 atom stereocenters. The van der Waals surface area contributed by atoms with E-state index in [-0.39, 0.29) is 23.5 Å². The average molecular weight is 471 g/mol. The van der Waals surface area contributed by atoms with E-state index in [2.05, 4.69) is 40.9 Å². The van der Waals surface area contributed by atoms with Crippen molar-refractivity contribution < 1.29 is 14.6 Å². The summed E-state index contributed by atoms with van der Waals surface area (Å²) in [6, 6.07) is 8.06. The first-order valence-electron chi connectivity index (χ1n) is 12.9. The van der Waals surface area contributed by atoms with Crippen LogP contribution in [0.3, 0.4) is 0 Å². The van der Waals surface area contributed by atoms with Crippen LogP contribution in [0.2, 0.25) is 0 Å². The number of benzene rings is 1. The van der Waals surface area contributed by atoms with Crippen molar-refractivity contribution in [2.24, 2.45) is 5.41 Å². The van der Waals surface area contributed by atoms with Crippen LogP contribution in [0.15, 0.2) is 24.3 Å². The maximum atomic E-state index is 13.0.